The summed E-state index contributed by atoms with van der Waals surface area (Å²) in [5.41, 5.74) is 0.0672. The number of aromatic nitrogens is 4. The van der Waals surface area contributed by atoms with Gasteiger partial charge < -0.3 is 24.8 Å². The fourth-order valence-corrected chi connectivity index (χ4v) is 5.58. The SMILES string of the molecule is CC(C)=CCn1c(N2CCCC(NC(=O)OC(C)(C)C)C2)nc2c1c(=O)n(CC(=O)c1ccccc1NC(=O)C1CC1)c(=O)n2C. The van der Waals surface area contributed by atoms with E-state index in [1.807, 2.05) is 45.6 Å². The van der Waals surface area contributed by atoms with Crippen molar-refractivity contribution in [2.24, 2.45) is 13.0 Å². The van der Waals surface area contributed by atoms with Crippen LogP contribution in [0.15, 0.2) is 45.5 Å². The van der Waals surface area contributed by atoms with Crippen LogP contribution >= 0.6 is 0 Å². The molecule has 1 unspecified atom stereocenters. The van der Waals surface area contributed by atoms with Crippen LogP contribution in [-0.2, 0) is 29.7 Å². The number of nitrogens with zero attached hydrogens (tertiary/aromatic N) is 5. The van der Waals surface area contributed by atoms with E-state index in [4.69, 9.17) is 9.72 Å². The predicted molar refractivity (Wildman–Crippen MR) is 175 cm³/mol. The molecule has 13 heteroatoms. The number of imidazole rings is 1. The molecule has 0 spiro atoms. The van der Waals surface area contributed by atoms with Crippen molar-refractivity contribution in [1.82, 2.24) is 24.0 Å². The van der Waals surface area contributed by atoms with Crippen LogP contribution in [0.2, 0.25) is 0 Å². The number of allylic oxidation sites excluding steroid dienone is 2. The zero-order chi connectivity index (χ0) is 33.3. The molecule has 5 rings (SSSR count). The fourth-order valence-electron chi connectivity index (χ4n) is 5.58. The molecule has 0 radical (unpaired) electrons. The van der Waals surface area contributed by atoms with E-state index >= 15 is 0 Å². The largest absolute Gasteiger partial charge is 0.444 e. The Balaban J connectivity index is 1.51. The molecule has 2 aromatic heterocycles. The third-order valence-electron chi connectivity index (χ3n) is 8.05. The number of amides is 2. The van der Waals surface area contributed by atoms with Gasteiger partial charge in [0.2, 0.25) is 11.9 Å². The van der Waals surface area contributed by atoms with Gasteiger partial charge in [0, 0.05) is 44.2 Å². The Kier molecular flexibility index (Phi) is 9.22. The third kappa shape index (κ3) is 7.24. The minimum Gasteiger partial charge on any atom is -0.444 e. The minimum absolute atomic E-state index is 0.0564. The number of alkyl carbamates (subject to hydrolysis) is 1. The van der Waals surface area contributed by atoms with Crippen molar-refractivity contribution in [2.75, 3.05) is 23.3 Å². The van der Waals surface area contributed by atoms with E-state index in [2.05, 4.69) is 10.6 Å². The first kappa shape index (κ1) is 32.7. The Labute approximate surface area is 267 Å². The Hall–Kier alpha value is -4.68. The van der Waals surface area contributed by atoms with Gasteiger partial charge in [-0.3, -0.25) is 23.5 Å². The van der Waals surface area contributed by atoms with E-state index in [1.165, 1.54) is 11.6 Å². The average molecular weight is 634 g/mol. The number of rotatable bonds is 9. The Morgan fingerprint density at radius 3 is 2.46 bits per heavy atom. The molecule has 3 heterocycles. The lowest BCUT2D eigenvalue weighted by molar-refractivity contribution is -0.117. The third-order valence-corrected chi connectivity index (χ3v) is 8.05. The van der Waals surface area contributed by atoms with Gasteiger partial charge in [-0.2, -0.15) is 4.98 Å². The van der Waals surface area contributed by atoms with E-state index in [0.717, 1.165) is 35.8 Å². The molecule has 1 saturated heterocycles. The first-order valence-corrected chi connectivity index (χ1v) is 15.7. The number of anilines is 2. The zero-order valence-corrected chi connectivity index (χ0v) is 27.4. The van der Waals surface area contributed by atoms with Gasteiger partial charge in [-0.05, 0) is 72.4 Å². The number of hydrogen-bond donors (Lipinski definition) is 2. The number of ether oxygens (including phenoxy) is 1. The molecule has 246 valence electrons. The molecule has 13 nitrogen and oxygen atoms in total. The number of ketones is 1. The summed E-state index contributed by atoms with van der Waals surface area (Å²) < 4.78 is 9.43. The van der Waals surface area contributed by atoms with Crippen LogP contribution in [0.3, 0.4) is 0 Å². The van der Waals surface area contributed by atoms with Crippen LogP contribution in [0.5, 0.6) is 0 Å². The van der Waals surface area contributed by atoms with Crippen LogP contribution in [0.4, 0.5) is 16.4 Å². The normalized spacial score (nSPS) is 16.7. The van der Waals surface area contributed by atoms with Gasteiger partial charge in [0.25, 0.3) is 5.56 Å². The number of hydrogen-bond acceptors (Lipinski definition) is 8. The Morgan fingerprint density at radius 2 is 1.78 bits per heavy atom. The van der Waals surface area contributed by atoms with Crippen molar-refractivity contribution < 1.29 is 19.1 Å². The van der Waals surface area contributed by atoms with Gasteiger partial charge in [-0.1, -0.05) is 23.8 Å². The molecule has 2 fully saturated rings. The molecule has 2 N–H and O–H groups in total. The van der Waals surface area contributed by atoms with Crippen molar-refractivity contribution in [1.29, 1.82) is 0 Å². The monoisotopic (exact) mass is 633 g/mol. The standard InChI is InChI=1S/C33H43N7O6/c1-20(2)15-17-39-26-27(36-30(39)38-16-9-10-22(18-38)34-31(44)46-33(3,4)5)37(6)32(45)40(29(26)43)19-25(41)23-11-7-8-12-24(23)35-28(42)21-13-14-21/h7-8,11-12,15,21-22H,9-10,13-14,16-19H2,1-6H3,(H,34,44)(H,35,42). The first-order valence-electron chi connectivity index (χ1n) is 15.7. The number of nitrogens with one attached hydrogen (secondary N) is 2. The topological polar surface area (TPSA) is 150 Å². The summed E-state index contributed by atoms with van der Waals surface area (Å²) in [6, 6.07) is 6.40. The number of para-hydroxylation sites is 1. The molecule has 1 aliphatic heterocycles. The first-order chi connectivity index (χ1) is 21.7. The number of carbonyl (C=O) groups is 3. The highest BCUT2D eigenvalue weighted by Gasteiger charge is 2.31. The van der Waals surface area contributed by atoms with Crippen LogP contribution < -0.4 is 26.8 Å². The highest BCUT2D eigenvalue weighted by molar-refractivity contribution is 6.05. The molecule has 1 aromatic carbocycles. The molecule has 2 amide bonds. The van der Waals surface area contributed by atoms with Crippen LogP contribution in [0.1, 0.15) is 70.7 Å². The molecule has 46 heavy (non-hydrogen) atoms. The predicted octanol–water partition coefficient (Wildman–Crippen LogP) is 3.59. The van der Waals surface area contributed by atoms with E-state index in [9.17, 15) is 24.0 Å². The summed E-state index contributed by atoms with van der Waals surface area (Å²) in [5.74, 6) is -0.189. The Morgan fingerprint density at radius 1 is 1.07 bits per heavy atom. The molecule has 1 aliphatic carbocycles. The Bertz CT molecular complexity index is 1820. The number of aryl methyl sites for hydroxylation is 1. The summed E-state index contributed by atoms with van der Waals surface area (Å²) in [7, 11) is 1.53. The summed E-state index contributed by atoms with van der Waals surface area (Å²) in [6.07, 6.45) is 4.60. The van der Waals surface area contributed by atoms with Crippen LogP contribution in [0.25, 0.3) is 11.2 Å². The quantitative estimate of drug-likeness (QED) is 0.268. The highest BCUT2D eigenvalue weighted by Crippen LogP contribution is 2.31. The second-order valence-electron chi connectivity index (χ2n) is 13.4. The maximum absolute atomic E-state index is 14.1. The smallest absolute Gasteiger partial charge is 0.407 e. The van der Waals surface area contributed by atoms with Gasteiger partial charge in [-0.15, -0.1) is 0 Å². The fraction of sp³-hybridized carbons (Fsp3) is 0.515. The van der Waals surface area contributed by atoms with Crippen LogP contribution in [-0.4, -0.2) is 61.2 Å². The van der Waals surface area contributed by atoms with Crippen molar-refractivity contribution in [3.63, 3.8) is 0 Å². The molecule has 1 saturated carbocycles. The zero-order valence-electron chi connectivity index (χ0n) is 27.4. The van der Waals surface area contributed by atoms with E-state index in [-0.39, 0.29) is 34.6 Å². The summed E-state index contributed by atoms with van der Waals surface area (Å²) >= 11 is 0. The second kappa shape index (κ2) is 13.0. The molecular formula is C33H43N7O6. The van der Waals surface area contributed by atoms with E-state index in [1.54, 1.807) is 28.8 Å². The van der Waals surface area contributed by atoms with Crippen molar-refractivity contribution in [2.45, 2.75) is 85.0 Å². The molecule has 2 aliphatic rings. The van der Waals surface area contributed by atoms with Gasteiger partial charge in [0.15, 0.2) is 16.9 Å². The van der Waals surface area contributed by atoms with Gasteiger partial charge >= 0.3 is 11.8 Å². The van der Waals surface area contributed by atoms with Gasteiger partial charge in [0.1, 0.15) is 5.60 Å². The van der Waals surface area contributed by atoms with E-state index in [0.29, 0.717) is 31.3 Å². The number of piperidine rings is 1. The van der Waals surface area contributed by atoms with E-state index < -0.39 is 35.3 Å². The van der Waals surface area contributed by atoms with Gasteiger partial charge in [-0.25, -0.2) is 9.59 Å². The average Bonchev–Trinajstić information content (AvgIpc) is 3.77. The summed E-state index contributed by atoms with van der Waals surface area (Å²) in [4.78, 5) is 72.9. The highest BCUT2D eigenvalue weighted by atomic mass is 16.6. The summed E-state index contributed by atoms with van der Waals surface area (Å²) in [5, 5.41) is 5.77. The van der Waals surface area contributed by atoms with Crippen molar-refractivity contribution >= 4 is 40.6 Å². The number of carbonyl (C=O) groups excluding carboxylic acids is 3. The van der Waals surface area contributed by atoms with Crippen LogP contribution in [0, 0.1) is 5.92 Å². The van der Waals surface area contributed by atoms with Crippen molar-refractivity contribution in [3.8, 4) is 0 Å². The number of Topliss-reactive ketones (excluding diaryl/α,β-unsaturated/α-hetero) is 1. The second-order valence-corrected chi connectivity index (χ2v) is 13.4. The lowest BCUT2D eigenvalue weighted by atomic mass is 10.1. The molecule has 0 bridgehead atoms. The lowest BCUT2D eigenvalue weighted by Crippen LogP contribution is -2.49. The lowest BCUT2D eigenvalue weighted by Gasteiger charge is -2.34. The summed E-state index contributed by atoms with van der Waals surface area (Å²) in [6.45, 7) is 10.2. The number of fused-ring (bicyclic) bond motifs is 1. The minimum atomic E-state index is -0.674. The molecule has 1 atom stereocenters. The maximum Gasteiger partial charge on any atom is 0.407 e. The van der Waals surface area contributed by atoms with Crippen molar-refractivity contribution in [3.05, 3.63) is 62.3 Å². The number of benzene rings is 1. The molecular weight excluding hydrogens is 590 g/mol. The molecule has 3 aromatic rings. The maximum atomic E-state index is 14.1. The van der Waals surface area contributed by atoms with Gasteiger partial charge in [0.05, 0.1) is 12.2 Å².